The molecule has 2 aliphatic rings. The fourth-order valence-corrected chi connectivity index (χ4v) is 2.72. The Kier molecular flexibility index (Phi) is 4.45. The first-order valence-corrected chi connectivity index (χ1v) is 7.73. The van der Waals surface area contributed by atoms with Crippen molar-refractivity contribution in [2.75, 3.05) is 23.9 Å². The van der Waals surface area contributed by atoms with Crippen molar-refractivity contribution in [3.63, 3.8) is 0 Å². The fraction of sp³-hybridized carbons (Fsp3) is 0.375. The fourth-order valence-electron chi connectivity index (χ4n) is 2.72. The van der Waals surface area contributed by atoms with Gasteiger partial charge in [-0.2, -0.15) is 5.10 Å². The molecule has 1 aromatic carbocycles. The maximum absolute atomic E-state index is 12.2. The summed E-state index contributed by atoms with van der Waals surface area (Å²) in [5.41, 5.74) is 3.79. The Bertz CT molecular complexity index is 729. The zero-order valence-electron chi connectivity index (χ0n) is 13.3. The summed E-state index contributed by atoms with van der Waals surface area (Å²) >= 11 is 0. The minimum atomic E-state index is -0.373. The van der Waals surface area contributed by atoms with Crippen LogP contribution in [0.1, 0.15) is 25.7 Å². The predicted octanol–water partition coefficient (Wildman–Crippen LogP) is 1.03. The third-order valence-corrected chi connectivity index (χ3v) is 3.97. The number of carbonyl (C=O) groups is 3. The molecule has 0 aliphatic carbocycles. The molecule has 126 valence electrons. The van der Waals surface area contributed by atoms with E-state index < -0.39 is 0 Å². The van der Waals surface area contributed by atoms with E-state index in [9.17, 15) is 14.4 Å². The lowest BCUT2D eigenvalue weighted by Crippen LogP contribution is -2.32. The van der Waals surface area contributed by atoms with Gasteiger partial charge in [0.15, 0.2) is 0 Å². The maximum Gasteiger partial charge on any atom is 0.271 e. The van der Waals surface area contributed by atoms with Crippen LogP contribution in [0.25, 0.3) is 0 Å². The van der Waals surface area contributed by atoms with Crippen molar-refractivity contribution in [3.8, 4) is 5.75 Å². The number of hydrogen-bond donors (Lipinski definition) is 2. The quantitative estimate of drug-likeness (QED) is 0.861. The molecule has 2 heterocycles. The topological polar surface area (TPSA) is 100 Å². The number of amides is 3. The largest absolute Gasteiger partial charge is 0.494 e. The summed E-state index contributed by atoms with van der Waals surface area (Å²) in [6.45, 7) is 0.664. The second-order valence-corrected chi connectivity index (χ2v) is 5.58. The average Bonchev–Trinajstić information content (AvgIpc) is 3.01. The van der Waals surface area contributed by atoms with Crippen molar-refractivity contribution >= 4 is 34.8 Å². The van der Waals surface area contributed by atoms with E-state index in [-0.39, 0.29) is 29.9 Å². The van der Waals surface area contributed by atoms with E-state index in [1.54, 1.807) is 23.1 Å². The molecule has 0 bridgehead atoms. The average molecular weight is 330 g/mol. The zero-order valence-corrected chi connectivity index (χ0v) is 13.3. The summed E-state index contributed by atoms with van der Waals surface area (Å²) in [4.78, 5) is 36.8. The summed E-state index contributed by atoms with van der Waals surface area (Å²) in [5.74, 6) is 0.00854. The van der Waals surface area contributed by atoms with Gasteiger partial charge in [0.25, 0.3) is 5.91 Å². The van der Waals surface area contributed by atoms with Gasteiger partial charge in [0.1, 0.15) is 11.5 Å². The number of rotatable bonds is 4. The summed E-state index contributed by atoms with van der Waals surface area (Å²) < 4.78 is 5.36. The second kappa shape index (κ2) is 6.69. The third kappa shape index (κ3) is 3.22. The molecule has 0 radical (unpaired) electrons. The van der Waals surface area contributed by atoms with Crippen molar-refractivity contribution in [1.29, 1.82) is 0 Å². The number of benzene rings is 1. The first-order chi connectivity index (χ1) is 11.6. The Labute approximate surface area is 138 Å². The Balaban J connectivity index is 1.76. The van der Waals surface area contributed by atoms with Crippen molar-refractivity contribution < 1.29 is 19.1 Å². The summed E-state index contributed by atoms with van der Waals surface area (Å²) in [6.07, 6.45) is 1.90. The first kappa shape index (κ1) is 16.0. The van der Waals surface area contributed by atoms with E-state index in [2.05, 4.69) is 15.8 Å². The highest BCUT2D eigenvalue weighted by molar-refractivity contribution is 6.43. The van der Waals surface area contributed by atoms with Crippen molar-refractivity contribution in [1.82, 2.24) is 5.43 Å². The monoisotopic (exact) mass is 330 g/mol. The summed E-state index contributed by atoms with van der Waals surface area (Å²) in [6, 6.07) is 5.13. The van der Waals surface area contributed by atoms with E-state index in [4.69, 9.17) is 4.74 Å². The number of hydrogen-bond acceptors (Lipinski definition) is 5. The van der Waals surface area contributed by atoms with E-state index in [0.717, 1.165) is 6.42 Å². The van der Waals surface area contributed by atoms with Crippen molar-refractivity contribution in [2.45, 2.75) is 25.7 Å². The highest BCUT2D eigenvalue weighted by Gasteiger charge is 2.25. The van der Waals surface area contributed by atoms with Gasteiger partial charge < -0.3 is 15.0 Å². The Morgan fingerprint density at radius 3 is 2.75 bits per heavy atom. The molecule has 0 saturated carbocycles. The standard InChI is InChI=1S/C16H18N4O4/c1-24-13-9-10(4-6-12(13)20-8-2-3-15(20)22)17-16(23)11-5-7-14(21)19-18-11/h4,6,9H,2-3,5,7-8H2,1H3,(H,17,23)(H,19,21). The van der Waals surface area contributed by atoms with Crippen LogP contribution in [0.3, 0.4) is 0 Å². The molecule has 1 fully saturated rings. The molecule has 3 rings (SSSR count). The zero-order chi connectivity index (χ0) is 17.1. The molecule has 3 amide bonds. The number of methoxy groups -OCH3 is 1. The number of hydrazone groups is 1. The van der Waals surface area contributed by atoms with Crippen LogP contribution in [0, 0.1) is 0 Å². The molecule has 8 heteroatoms. The Morgan fingerprint density at radius 2 is 2.12 bits per heavy atom. The molecule has 24 heavy (non-hydrogen) atoms. The van der Waals surface area contributed by atoms with Crippen LogP contribution in [0.15, 0.2) is 23.3 Å². The van der Waals surface area contributed by atoms with Gasteiger partial charge in [-0.3, -0.25) is 14.4 Å². The van der Waals surface area contributed by atoms with Crippen molar-refractivity contribution in [2.24, 2.45) is 5.10 Å². The van der Waals surface area contributed by atoms with E-state index in [1.165, 1.54) is 7.11 Å². The van der Waals surface area contributed by atoms with Crippen LogP contribution >= 0.6 is 0 Å². The predicted molar refractivity (Wildman–Crippen MR) is 88.0 cm³/mol. The van der Waals surface area contributed by atoms with Crippen LogP contribution in [0.4, 0.5) is 11.4 Å². The highest BCUT2D eigenvalue weighted by atomic mass is 16.5. The number of nitrogens with one attached hydrogen (secondary N) is 2. The normalized spacial score (nSPS) is 17.4. The van der Waals surface area contributed by atoms with Crippen LogP contribution in [0.2, 0.25) is 0 Å². The Morgan fingerprint density at radius 1 is 1.29 bits per heavy atom. The van der Waals surface area contributed by atoms with Gasteiger partial charge in [-0.15, -0.1) is 0 Å². The van der Waals surface area contributed by atoms with Crippen molar-refractivity contribution in [3.05, 3.63) is 18.2 Å². The second-order valence-electron chi connectivity index (χ2n) is 5.58. The van der Waals surface area contributed by atoms with Gasteiger partial charge in [-0.1, -0.05) is 0 Å². The lowest BCUT2D eigenvalue weighted by Gasteiger charge is -2.20. The molecule has 1 aromatic rings. The van der Waals surface area contributed by atoms with Crippen LogP contribution < -0.4 is 20.4 Å². The number of ether oxygens (including phenoxy) is 1. The smallest absolute Gasteiger partial charge is 0.271 e. The molecular weight excluding hydrogens is 312 g/mol. The lowest BCUT2D eigenvalue weighted by atomic mass is 10.1. The maximum atomic E-state index is 12.2. The molecule has 0 atom stereocenters. The molecule has 0 spiro atoms. The van der Waals surface area contributed by atoms with Crippen LogP contribution in [0.5, 0.6) is 5.75 Å². The molecule has 1 saturated heterocycles. The molecule has 0 aromatic heterocycles. The molecule has 8 nitrogen and oxygen atoms in total. The Hall–Kier alpha value is -2.90. The molecule has 2 N–H and O–H groups in total. The summed E-state index contributed by atoms with van der Waals surface area (Å²) in [7, 11) is 1.52. The van der Waals surface area contributed by atoms with Crippen LogP contribution in [-0.2, 0) is 14.4 Å². The number of anilines is 2. The van der Waals surface area contributed by atoms with Gasteiger partial charge >= 0.3 is 0 Å². The summed E-state index contributed by atoms with van der Waals surface area (Å²) in [5, 5.41) is 6.49. The van der Waals surface area contributed by atoms with Gasteiger partial charge in [-0.25, -0.2) is 5.43 Å². The van der Waals surface area contributed by atoms with Gasteiger partial charge in [0.2, 0.25) is 11.8 Å². The highest BCUT2D eigenvalue weighted by Crippen LogP contribution is 2.33. The van der Waals surface area contributed by atoms with E-state index in [1.807, 2.05) is 0 Å². The minimum absolute atomic E-state index is 0.0670. The van der Waals surface area contributed by atoms with E-state index in [0.29, 0.717) is 36.5 Å². The third-order valence-electron chi connectivity index (χ3n) is 3.97. The van der Waals surface area contributed by atoms with Gasteiger partial charge in [-0.05, 0) is 18.6 Å². The van der Waals surface area contributed by atoms with Gasteiger partial charge in [0.05, 0.1) is 12.8 Å². The SMILES string of the molecule is COc1cc(NC(=O)C2=NNC(=O)CC2)ccc1N1CCCC1=O. The molecular formula is C16H18N4O4. The first-order valence-electron chi connectivity index (χ1n) is 7.73. The lowest BCUT2D eigenvalue weighted by molar-refractivity contribution is -0.121. The van der Waals surface area contributed by atoms with Gasteiger partial charge in [0, 0.05) is 37.6 Å². The molecule has 2 aliphatic heterocycles. The number of carbonyl (C=O) groups excluding carboxylic acids is 3. The van der Waals surface area contributed by atoms with E-state index >= 15 is 0 Å². The van der Waals surface area contributed by atoms with Crippen LogP contribution in [-0.4, -0.2) is 37.1 Å². The molecule has 0 unspecified atom stereocenters. The number of nitrogens with zero attached hydrogens (tertiary/aromatic N) is 2. The minimum Gasteiger partial charge on any atom is -0.494 e.